The van der Waals surface area contributed by atoms with E-state index >= 15 is 0 Å². The van der Waals surface area contributed by atoms with E-state index in [1.807, 2.05) is 0 Å². The fourth-order valence-corrected chi connectivity index (χ4v) is 1.48. The van der Waals surface area contributed by atoms with E-state index in [1.54, 1.807) is 60.7 Å². The molecular weight excluding hydrogens is 191 g/mol. The van der Waals surface area contributed by atoms with Crippen molar-refractivity contribution in [2.75, 3.05) is 0 Å². The normalized spacial score (nSPS) is 11.3. The second-order valence-electron chi connectivity index (χ2n) is 3.35. The van der Waals surface area contributed by atoms with Crippen molar-refractivity contribution in [1.82, 2.24) is 0 Å². The summed E-state index contributed by atoms with van der Waals surface area (Å²) in [5, 5.41) is 9.79. The van der Waals surface area contributed by atoms with E-state index in [0.717, 1.165) is 0 Å². The van der Waals surface area contributed by atoms with Crippen LogP contribution in [-0.2, 0) is 5.85 Å². The first kappa shape index (κ1) is 9.87. The Labute approximate surface area is 87.8 Å². The highest BCUT2D eigenvalue weighted by Crippen LogP contribution is 2.30. The molecule has 0 aliphatic rings. The van der Waals surface area contributed by atoms with Crippen LogP contribution in [0.15, 0.2) is 60.7 Å². The van der Waals surface area contributed by atoms with Crippen LogP contribution >= 0.6 is 0 Å². The van der Waals surface area contributed by atoms with Crippen molar-refractivity contribution < 1.29 is 9.50 Å². The van der Waals surface area contributed by atoms with Gasteiger partial charge in [0.05, 0.1) is 0 Å². The number of hydrogen-bond donors (Lipinski definition) is 1. The molecule has 1 nitrogen and oxygen atoms in total. The molecule has 0 saturated carbocycles. The van der Waals surface area contributed by atoms with Gasteiger partial charge in [0, 0.05) is 11.1 Å². The van der Waals surface area contributed by atoms with Gasteiger partial charge in [-0.15, -0.1) is 0 Å². The van der Waals surface area contributed by atoms with Gasteiger partial charge in [-0.25, -0.2) is 4.39 Å². The van der Waals surface area contributed by atoms with E-state index in [9.17, 15) is 9.50 Å². The molecule has 0 saturated heterocycles. The van der Waals surface area contributed by atoms with E-state index in [0.29, 0.717) is 0 Å². The zero-order valence-electron chi connectivity index (χ0n) is 8.10. The maximum Gasteiger partial charge on any atom is 0.259 e. The molecule has 0 aliphatic heterocycles. The molecule has 0 atom stereocenters. The highest BCUT2D eigenvalue weighted by Gasteiger charge is 2.30. The molecular formula is C13H11FO. The van der Waals surface area contributed by atoms with Crippen LogP contribution in [0, 0.1) is 0 Å². The third kappa shape index (κ3) is 1.90. The fourth-order valence-electron chi connectivity index (χ4n) is 1.48. The molecule has 2 heteroatoms. The van der Waals surface area contributed by atoms with Crippen molar-refractivity contribution in [3.8, 4) is 0 Å². The van der Waals surface area contributed by atoms with Gasteiger partial charge in [-0.1, -0.05) is 60.7 Å². The zero-order valence-corrected chi connectivity index (χ0v) is 8.10. The van der Waals surface area contributed by atoms with Gasteiger partial charge in [0.25, 0.3) is 5.85 Å². The largest absolute Gasteiger partial charge is 0.355 e. The van der Waals surface area contributed by atoms with E-state index in [2.05, 4.69) is 0 Å². The second-order valence-corrected chi connectivity index (χ2v) is 3.35. The van der Waals surface area contributed by atoms with Crippen LogP contribution in [0.2, 0.25) is 0 Å². The number of benzene rings is 2. The average Bonchev–Trinajstić information content (AvgIpc) is 2.31. The van der Waals surface area contributed by atoms with Crippen molar-refractivity contribution >= 4 is 0 Å². The molecule has 2 aromatic carbocycles. The molecule has 0 fully saturated rings. The van der Waals surface area contributed by atoms with Gasteiger partial charge >= 0.3 is 0 Å². The molecule has 0 aromatic heterocycles. The lowest BCUT2D eigenvalue weighted by Gasteiger charge is -2.19. The van der Waals surface area contributed by atoms with E-state index in [4.69, 9.17) is 0 Å². The Morgan fingerprint density at radius 3 is 1.40 bits per heavy atom. The van der Waals surface area contributed by atoms with E-state index < -0.39 is 5.85 Å². The monoisotopic (exact) mass is 202 g/mol. The number of halogens is 1. The van der Waals surface area contributed by atoms with Crippen molar-refractivity contribution in [2.24, 2.45) is 0 Å². The standard InChI is InChI=1S/C13H11FO/c14-13(15,11-7-3-1-4-8-11)12-9-5-2-6-10-12/h1-10,15H. The van der Waals surface area contributed by atoms with Gasteiger partial charge in [0.2, 0.25) is 0 Å². The van der Waals surface area contributed by atoms with Crippen molar-refractivity contribution in [1.29, 1.82) is 0 Å². The fraction of sp³-hybridized carbons (Fsp3) is 0.0769. The zero-order chi connectivity index (χ0) is 10.7. The Balaban J connectivity index is 2.44. The van der Waals surface area contributed by atoms with Gasteiger partial charge in [-0.2, -0.15) is 0 Å². The Kier molecular flexibility index (Phi) is 2.52. The summed E-state index contributed by atoms with van der Waals surface area (Å²) in [6, 6.07) is 16.6. The van der Waals surface area contributed by atoms with Gasteiger partial charge in [0.15, 0.2) is 0 Å². The third-order valence-electron chi connectivity index (χ3n) is 2.31. The lowest BCUT2D eigenvalue weighted by atomic mass is 9.99. The predicted octanol–water partition coefficient (Wildman–Crippen LogP) is 2.85. The number of rotatable bonds is 2. The smallest absolute Gasteiger partial charge is 0.259 e. The van der Waals surface area contributed by atoms with Gasteiger partial charge in [-0.3, -0.25) is 0 Å². The second kappa shape index (κ2) is 3.83. The van der Waals surface area contributed by atoms with Crippen LogP contribution in [0.4, 0.5) is 4.39 Å². The maximum absolute atomic E-state index is 14.1. The summed E-state index contributed by atoms with van der Waals surface area (Å²) in [7, 11) is 0. The molecule has 0 spiro atoms. The lowest BCUT2D eigenvalue weighted by molar-refractivity contribution is -0.0546. The number of alkyl halides is 1. The number of hydrogen-bond acceptors (Lipinski definition) is 1. The quantitative estimate of drug-likeness (QED) is 0.793. The van der Waals surface area contributed by atoms with E-state index in [1.165, 1.54) is 0 Å². The summed E-state index contributed by atoms with van der Waals surface area (Å²) in [4.78, 5) is 0. The molecule has 2 rings (SSSR count). The Bertz CT molecular complexity index is 381. The molecule has 0 amide bonds. The first-order chi connectivity index (χ1) is 7.21. The first-order valence-electron chi connectivity index (χ1n) is 4.73. The summed E-state index contributed by atoms with van der Waals surface area (Å²) >= 11 is 0. The van der Waals surface area contributed by atoms with Crippen LogP contribution in [0.1, 0.15) is 11.1 Å². The molecule has 15 heavy (non-hydrogen) atoms. The van der Waals surface area contributed by atoms with Crippen LogP contribution in [-0.4, -0.2) is 5.11 Å². The molecule has 0 bridgehead atoms. The van der Waals surface area contributed by atoms with Crippen LogP contribution in [0.5, 0.6) is 0 Å². The van der Waals surface area contributed by atoms with Gasteiger partial charge in [0.1, 0.15) is 0 Å². The molecule has 2 aromatic rings. The lowest BCUT2D eigenvalue weighted by Crippen LogP contribution is -2.20. The van der Waals surface area contributed by atoms with Crippen molar-refractivity contribution in [3.05, 3.63) is 71.8 Å². The van der Waals surface area contributed by atoms with Gasteiger partial charge < -0.3 is 5.11 Å². The summed E-state index contributed by atoms with van der Waals surface area (Å²) in [6.45, 7) is 0. The molecule has 0 aliphatic carbocycles. The van der Waals surface area contributed by atoms with Crippen LogP contribution in [0.25, 0.3) is 0 Å². The minimum atomic E-state index is -2.41. The highest BCUT2D eigenvalue weighted by molar-refractivity contribution is 5.32. The van der Waals surface area contributed by atoms with E-state index in [-0.39, 0.29) is 11.1 Å². The first-order valence-corrected chi connectivity index (χ1v) is 4.73. The SMILES string of the molecule is OC(F)(c1ccccc1)c1ccccc1. The topological polar surface area (TPSA) is 20.2 Å². The minimum Gasteiger partial charge on any atom is -0.355 e. The molecule has 76 valence electrons. The van der Waals surface area contributed by atoms with Gasteiger partial charge in [-0.05, 0) is 0 Å². The summed E-state index contributed by atoms with van der Waals surface area (Å²) < 4.78 is 14.1. The van der Waals surface area contributed by atoms with Crippen LogP contribution < -0.4 is 0 Å². The number of aliphatic hydroxyl groups is 1. The van der Waals surface area contributed by atoms with Crippen molar-refractivity contribution in [3.63, 3.8) is 0 Å². The summed E-state index contributed by atoms with van der Waals surface area (Å²) in [5.41, 5.74) is 0.493. The Hall–Kier alpha value is -1.67. The minimum absolute atomic E-state index is 0.246. The molecule has 0 heterocycles. The molecule has 0 radical (unpaired) electrons. The third-order valence-corrected chi connectivity index (χ3v) is 2.31. The predicted molar refractivity (Wildman–Crippen MR) is 57.0 cm³/mol. The highest BCUT2D eigenvalue weighted by atomic mass is 19.2. The van der Waals surface area contributed by atoms with Crippen LogP contribution in [0.3, 0.4) is 0 Å². The Morgan fingerprint density at radius 2 is 1.07 bits per heavy atom. The maximum atomic E-state index is 14.1. The summed E-state index contributed by atoms with van der Waals surface area (Å²) in [6.07, 6.45) is 0. The summed E-state index contributed by atoms with van der Waals surface area (Å²) in [5.74, 6) is -2.41. The molecule has 1 N–H and O–H groups in total. The van der Waals surface area contributed by atoms with Crippen molar-refractivity contribution in [2.45, 2.75) is 5.85 Å². The average molecular weight is 202 g/mol. The Morgan fingerprint density at radius 1 is 0.733 bits per heavy atom. The molecule has 0 unspecified atom stereocenters.